The molecule has 9 amide bonds. The first-order valence-corrected chi connectivity index (χ1v) is 26.4. The summed E-state index contributed by atoms with van der Waals surface area (Å²) in [5.74, 6) is -10.4. The van der Waals surface area contributed by atoms with E-state index in [0.29, 0.717) is 11.1 Å². The molecule has 0 radical (unpaired) electrons. The van der Waals surface area contributed by atoms with Gasteiger partial charge in [-0.25, -0.2) is 0 Å². The van der Waals surface area contributed by atoms with Crippen LogP contribution >= 0.6 is 0 Å². The van der Waals surface area contributed by atoms with Crippen molar-refractivity contribution in [2.24, 2.45) is 28.7 Å². The van der Waals surface area contributed by atoms with E-state index in [2.05, 4.69) is 58.5 Å². The summed E-state index contributed by atoms with van der Waals surface area (Å²) in [5, 5.41) is 71.3. The van der Waals surface area contributed by atoms with E-state index in [4.69, 9.17) is 44.9 Å². The largest absolute Gasteiger partial charge is 0.508 e. The first-order valence-electron chi connectivity index (χ1n) is 26.4. The zero-order chi connectivity index (χ0) is 61.6. The second kappa shape index (κ2) is 35.0. The Morgan fingerprint density at radius 1 is 0.482 bits per heavy atom. The molecule has 0 aliphatic carbocycles. The summed E-state index contributed by atoms with van der Waals surface area (Å²) >= 11 is 0. The van der Waals surface area contributed by atoms with Gasteiger partial charge in [-0.3, -0.25) is 64.2 Å². The molecule has 0 saturated carbocycles. The SMILES string of the molecule is CC(=O)N[C@@H](CCC(=O)O)C(=O)N[C@@H](Cc1ccc(O)cc1)C(=O)N[C@@H](CCCNC(=N)N)C(=O)N[C@H](CCCNC(=N)N)C(=O)N[C@@H](Cc1ccc2ccccc2c1)C(=O)NCC(=O)N[C@@H](CN)C(=O)N[C@@H](CCCNC(=N)N)C(N)=O. The second-order valence-electron chi connectivity index (χ2n) is 19.2. The molecule has 0 spiro atoms. The maximum atomic E-state index is 14.6. The van der Waals surface area contributed by atoms with Crippen LogP contribution in [0.4, 0.5) is 0 Å². The van der Waals surface area contributed by atoms with Crippen molar-refractivity contribution in [3.8, 4) is 5.75 Å². The van der Waals surface area contributed by atoms with Gasteiger partial charge in [-0.05, 0) is 79.0 Å². The molecule has 0 unspecified atom stereocenters. The highest BCUT2D eigenvalue weighted by Crippen LogP contribution is 2.18. The van der Waals surface area contributed by atoms with Gasteiger partial charge in [0.05, 0.1) is 6.54 Å². The number of nitrogens with two attached hydrogens (primary N) is 5. The summed E-state index contributed by atoms with van der Waals surface area (Å²) < 4.78 is 0. The number of fused-ring (bicyclic) bond motifs is 1. The molecule has 0 bridgehead atoms. The van der Waals surface area contributed by atoms with Crippen LogP contribution in [-0.2, 0) is 60.8 Å². The Morgan fingerprint density at radius 2 is 0.904 bits per heavy atom. The smallest absolute Gasteiger partial charge is 0.303 e. The first kappa shape index (κ1) is 67.5. The average molecular weight is 1160 g/mol. The lowest BCUT2D eigenvalue weighted by molar-refractivity contribution is -0.138. The fourth-order valence-corrected chi connectivity index (χ4v) is 8.21. The summed E-state index contributed by atoms with van der Waals surface area (Å²) in [7, 11) is 0. The van der Waals surface area contributed by atoms with E-state index in [1.54, 1.807) is 24.3 Å². The van der Waals surface area contributed by atoms with Gasteiger partial charge in [0.15, 0.2) is 17.9 Å². The van der Waals surface area contributed by atoms with Crippen molar-refractivity contribution in [2.45, 2.75) is 113 Å². The highest BCUT2D eigenvalue weighted by molar-refractivity contribution is 5.98. The number of hydrogen-bond donors (Lipinski definition) is 21. The zero-order valence-electron chi connectivity index (χ0n) is 45.9. The number of carbonyl (C=O) groups is 10. The number of phenols is 1. The summed E-state index contributed by atoms with van der Waals surface area (Å²) in [5.41, 5.74) is 28.5. The quantitative estimate of drug-likeness (QED) is 0.0147. The number of rotatable bonds is 36. The van der Waals surface area contributed by atoms with Gasteiger partial charge < -0.3 is 97.4 Å². The van der Waals surface area contributed by atoms with E-state index >= 15 is 0 Å². The van der Waals surface area contributed by atoms with E-state index in [-0.39, 0.29) is 89.1 Å². The van der Waals surface area contributed by atoms with E-state index in [1.165, 1.54) is 24.3 Å². The monoisotopic (exact) mass is 1160 g/mol. The molecule has 31 heteroatoms. The topological polar surface area (TPSA) is 545 Å². The van der Waals surface area contributed by atoms with Gasteiger partial charge in [0, 0.05) is 52.4 Å². The number of carboxylic acid groups (broad SMARTS) is 1. The minimum Gasteiger partial charge on any atom is -0.508 e. The second-order valence-corrected chi connectivity index (χ2v) is 19.2. The number of nitrogens with one attached hydrogen (secondary N) is 14. The van der Waals surface area contributed by atoms with Crippen molar-refractivity contribution >= 4 is 87.8 Å². The third kappa shape index (κ3) is 25.9. The number of aromatic hydroxyl groups is 1. The number of amides is 9. The molecular formula is C52H77N19O12. The van der Waals surface area contributed by atoms with Gasteiger partial charge in [0.2, 0.25) is 53.2 Å². The minimum atomic E-state index is -1.50. The number of phenolic OH excluding ortho intramolecular Hbond substituents is 1. The number of aliphatic carboxylic acids is 1. The van der Waals surface area contributed by atoms with Crippen molar-refractivity contribution in [1.29, 1.82) is 16.2 Å². The van der Waals surface area contributed by atoms with Crippen molar-refractivity contribution in [3.05, 3.63) is 77.9 Å². The molecule has 0 saturated heterocycles. The lowest BCUT2D eigenvalue weighted by atomic mass is 10.00. The highest BCUT2D eigenvalue weighted by atomic mass is 16.4. The van der Waals surface area contributed by atoms with Gasteiger partial charge in [-0.2, -0.15) is 0 Å². The predicted molar refractivity (Wildman–Crippen MR) is 304 cm³/mol. The van der Waals surface area contributed by atoms with Crippen LogP contribution in [0.25, 0.3) is 10.8 Å². The molecule has 0 fully saturated rings. The lowest BCUT2D eigenvalue weighted by Crippen LogP contribution is -2.60. The third-order valence-electron chi connectivity index (χ3n) is 12.4. The van der Waals surface area contributed by atoms with Crippen LogP contribution in [-0.4, -0.2) is 162 Å². The van der Waals surface area contributed by atoms with Crippen molar-refractivity contribution in [2.75, 3.05) is 32.7 Å². The number of carboxylic acids is 1. The third-order valence-corrected chi connectivity index (χ3v) is 12.4. The van der Waals surface area contributed by atoms with Gasteiger partial charge in [-0.15, -0.1) is 0 Å². The maximum Gasteiger partial charge on any atom is 0.303 e. The fraction of sp³-hybridized carbons (Fsp3) is 0.442. The van der Waals surface area contributed by atoms with Crippen molar-refractivity contribution in [3.63, 3.8) is 0 Å². The molecule has 0 aliphatic heterocycles. The molecule has 0 aliphatic rings. The molecular weight excluding hydrogens is 1080 g/mol. The normalized spacial score (nSPS) is 13.3. The van der Waals surface area contributed by atoms with Crippen LogP contribution < -0.4 is 87.2 Å². The summed E-state index contributed by atoms with van der Waals surface area (Å²) in [4.78, 5) is 133. The zero-order valence-corrected chi connectivity index (χ0v) is 45.9. The van der Waals surface area contributed by atoms with E-state index < -0.39 is 133 Å². The van der Waals surface area contributed by atoms with Gasteiger partial charge in [0.1, 0.15) is 48.0 Å². The fourth-order valence-electron chi connectivity index (χ4n) is 8.21. The molecule has 3 aromatic carbocycles. The van der Waals surface area contributed by atoms with E-state index in [0.717, 1.165) is 17.7 Å². The van der Waals surface area contributed by atoms with E-state index in [9.17, 15) is 58.2 Å². The maximum absolute atomic E-state index is 14.6. The van der Waals surface area contributed by atoms with E-state index in [1.807, 2.05) is 18.2 Å². The Balaban J connectivity index is 1.97. The predicted octanol–water partition coefficient (Wildman–Crippen LogP) is -5.04. The Hall–Kier alpha value is -9.81. The average Bonchev–Trinajstić information content (AvgIpc) is 3.63. The molecule has 31 nitrogen and oxygen atoms in total. The standard InChI is InChI=1S/C52H77N19O12/c1-28(72)65-37(18-19-42(75)76)47(81)71-39(24-29-13-16-33(73)17-14-29)48(82)69-35(10-5-21-62-51(57)58)45(79)68-36(11-6-22-63-52(59)60)46(80)70-38(25-30-12-15-31-7-2-3-8-32(31)23-30)44(78)64-27-41(74)66-40(26-53)49(83)67-34(43(54)77)9-4-20-61-50(55)56/h2-3,7-8,12-17,23,34-40,73H,4-6,9-11,18-22,24-27,53H2,1H3,(H2,54,77)(H,64,78)(H,65,72)(H,66,74)(H,67,83)(H,68,79)(H,69,82)(H,70,80)(H,71,81)(H,75,76)(H4,55,56,61)(H4,57,58,62)(H4,59,60,63)/t34-,35-,36+,37-,38-,39-,40-/m0/s1. The molecule has 0 heterocycles. The molecule has 26 N–H and O–H groups in total. The summed E-state index contributed by atoms with van der Waals surface area (Å²) in [6.45, 7) is 0.197. The number of hydrogen-bond acceptors (Lipinski definition) is 15. The van der Waals surface area contributed by atoms with Crippen LogP contribution in [0.15, 0.2) is 66.7 Å². The summed E-state index contributed by atoms with van der Waals surface area (Å²) in [6, 6.07) is 8.31. The Labute approximate surface area is 477 Å². The Bertz CT molecular complexity index is 2780. The first-order chi connectivity index (χ1) is 39.3. The van der Waals surface area contributed by atoms with Crippen LogP contribution in [0.1, 0.15) is 69.4 Å². The molecule has 83 heavy (non-hydrogen) atoms. The molecule has 7 atom stereocenters. The van der Waals surface area contributed by atoms with Gasteiger partial charge in [0.25, 0.3) is 0 Å². The molecule has 3 rings (SSSR count). The van der Waals surface area contributed by atoms with Gasteiger partial charge in [-0.1, -0.05) is 54.6 Å². The molecule has 452 valence electrons. The number of guanidine groups is 3. The molecule has 0 aromatic heterocycles. The highest BCUT2D eigenvalue weighted by Gasteiger charge is 2.34. The number of carbonyl (C=O) groups excluding carboxylic acids is 9. The van der Waals surface area contributed by atoms with Crippen molar-refractivity contribution in [1.82, 2.24) is 58.5 Å². The van der Waals surface area contributed by atoms with Crippen LogP contribution in [0.5, 0.6) is 5.75 Å². The lowest BCUT2D eigenvalue weighted by Gasteiger charge is -2.27. The number of benzene rings is 3. The van der Waals surface area contributed by atoms with Crippen molar-refractivity contribution < 1.29 is 58.2 Å². The Morgan fingerprint density at radius 3 is 1.39 bits per heavy atom. The van der Waals surface area contributed by atoms with Crippen LogP contribution in [0.2, 0.25) is 0 Å². The minimum absolute atomic E-state index is 0.0345. The number of primary amides is 1. The molecule has 3 aromatic rings. The summed E-state index contributed by atoms with van der Waals surface area (Å²) in [6.07, 6.45) is -1.13. The van der Waals surface area contributed by atoms with Crippen LogP contribution in [0, 0.1) is 16.2 Å². The Kier molecular flexibility index (Phi) is 28.5. The van der Waals surface area contributed by atoms with Gasteiger partial charge >= 0.3 is 5.97 Å². The van der Waals surface area contributed by atoms with Crippen LogP contribution in [0.3, 0.4) is 0 Å².